The molecule has 0 saturated carbocycles. The molecule has 1 aliphatic rings. The van der Waals surface area contributed by atoms with Crippen molar-refractivity contribution in [1.82, 2.24) is 0 Å². The Kier molecular flexibility index (Phi) is 3.14. The Labute approximate surface area is 72.3 Å². The van der Waals surface area contributed by atoms with Gasteiger partial charge >= 0.3 is 5.97 Å². The molecule has 0 fully saturated rings. The smallest absolute Gasteiger partial charge is 0.333 e. The number of carboxylic acid groups (broad SMARTS) is 1. The average Bonchev–Trinajstić information content (AvgIpc) is 1.96. The van der Waals surface area contributed by atoms with E-state index in [0.717, 1.165) is 25.7 Å². The topological polar surface area (TPSA) is 63.3 Å². The predicted molar refractivity (Wildman–Crippen MR) is 46.6 cm³/mol. The van der Waals surface area contributed by atoms with E-state index in [1.165, 1.54) is 6.42 Å². The number of carboxylic acids is 1. The number of allylic oxidation sites excluding steroid dienone is 1. The van der Waals surface area contributed by atoms with Crippen LogP contribution >= 0.6 is 0 Å². The Morgan fingerprint density at radius 3 is 2.33 bits per heavy atom. The van der Waals surface area contributed by atoms with Gasteiger partial charge in [0, 0.05) is 5.70 Å². The van der Waals surface area contributed by atoms with Gasteiger partial charge < -0.3 is 10.8 Å². The quantitative estimate of drug-likeness (QED) is 0.627. The molecule has 0 unspecified atom stereocenters. The minimum atomic E-state index is -0.839. The lowest BCUT2D eigenvalue weighted by molar-refractivity contribution is -0.132. The lowest BCUT2D eigenvalue weighted by Gasteiger charge is -2.11. The number of hydrogen-bond donors (Lipinski definition) is 2. The fourth-order valence-corrected chi connectivity index (χ4v) is 1.53. The maximum Gasteiger partial charge on any atom is 0.333 e. The van der Waals surface area contributed by atoms with Crippen LogP contribution < -0.4 is 5.73 Å². The first-order valence-corrected chi connectivity index (χ1v) is 4.42. The molecule has 0 heterocycles. The monoisotopic (exact) mass is 169 g/mol. The van der Waals surface area contributed by atoms with Crippen LogP contribution in [0, 0.1) is 0 Å². The highest BCUT2D eigenvalue weighted by atomic mass is 16.4. The minimum Gasteiger partial charge on any atom is -0.478 e. The third kappa shape index (κ3) is 2.26. The molecule has 0 aliphatic heterocycles. The zero-order valence-electron chi connectivity index (χ0n) is 7.18. The summed E-state index contributed by atoms with van der Waals surface area (Å²) in [4.78, 5) is 10.7. The summed E-state index contributed by atoms with van der Waals surface area (Å²) in [5.74, 6) is -0.839. The Balaban J connectivity index is 2.73. The Bertz CT molecular complexity index is 209. The minimum absolute atomic E-state index is 0.440. The lowest BCUT2D eigenvalue weighted by atomic mass is 9.98. The van der Waals surface area contributed by atoms with Crippen molar-refractivity contribution in [3.8, 4) is 0 Å². The molecule has 0 amide bonds. The molecule has 3 heteroatoms. The zero-order chi connectivity index (χ0) is 8.97. The van der Waals surface area contributed by atoms with E-state index in [1.807, 2.05) is 0 Å². The van der Waals surface area contributed by atoms with Crippen molar-refractivity contribution in [2.45, 2.75) is 38.5 Å². The van der Waals surface area contributed by atoms with E-state index in [2.05, 4.69) is 0 Å². The first-order valence-electron chi connectivity index (χ1n) is 4.42. The van der Waals surface area contributed by atoms with Crippen molar-refractivity contribution in [1.29, 1.82) is 0 Å². The second-order valence-corrected chi connectivity index (χ2v) is 3.22. The van der Waals surface area contributed by atoms with Crippen LogP contribution in [0.5, 0.6) is 0 Å². The molecule has 0 radical (unpaired) electrons. The van der Waals surface area contributed by atoms with Gasteiger partial charge in [0.2, 0.25) is 0 Å². The van der Waals surface area contributed by atoms with Crippen molar-refractivity contribution >= 4 is 5.97 Å². The molecule has 3 N–H and O–H groups in total. The van der Waals surface area contributed by atoms with Crippen molar-refractivity contribution in [2.24, 2.45) is 5.73 Å². The van der Waals surface area contributed by atoms with Crippen molar-refractivity contribution in [2.75, 3.05) is 0 Å². The number of nitrogens with two attached hydrogens (primary N) is 1. The standard InChI is InChI=1S/C9H15NO2/c10-8-6-4-2-1-3-5-7(8)9(11)12/h1-6,10H2,(H,11,12)/b8-7-. The fraction of sp³-hybridized carbons (Fsp3) is 0.667. The maximum absolute atomic E-state index is 10.7. The van der Waals surface area contributed by atoms with Crippen LogP contribution in [0.3, 0.4) is 0 Å². The predicted octanol–water partition coefficient (Wildman–Crippen LogP) is 1.64. The highest BCUT2D eigenvalue weighted by Crippen LogP contribution is 2.19. The van der Waals surface area contributed by atoms with Gasteiger partial charge in [0.25, 0.3) is 0 Å². The Morgan fingerprint density at radius 1 is 1.17 bits per heavy atom. The van der Waals surface area contributed by atoms with Crippen molar-refractivity contribution in [3.05, 3.63) is 11.3 Å². The summed E-state index contributed by atoms with van der Waals surface area (Å²) in [6.07, 6.45) is 5.69. The average molecular weight is 169 g/mol. The van der Waals surface area contributed by atoms with Gasteiger partial charge in [-0.25, -0.2) is 4.79 Å². The van der Waals surface area contributed by atoms with Crippen LogP contribution in [-0.4, -0.2) is 11.1 Å². The fourth-order valence-electron chi connectivity index (χ4n) is 1.53. The largest absolute Gasteiger partial charge is 0.478 e. The van der Waals surface area contributed by atoms with Gasteiger partial charge in [-0.3, -0.25) is 0 Å². The summed E-state index contributed by atoms with van der Waals surface area (Å²) in [6.45, 7) is 0. The van der Waals surface area contributed by atoms with E-state index < -0.39 is 5.97 Å². The molecule has 0 aromatic rings. The van der Waals surface area contributed by atoms with Crippen LogP contribution in [0.4, 0.5) is 0 Å². The SMILES string of the molecule is N/C1=C(\C(=O)O)CCCCCC1. The van der Waals surface area contributed by atoms with E-state index in [9.17, 15) is 4.79 Å². The highest BCUT2D eigenvalue weighted by molar-refractivity contribution is 5.87. The second-order valence-electron chi connectivity index (χ2n) is 3.22. The van der Waals surface area contributed by atoms with Gasteiger partial charge in [-0.2, -0.15) is 0 Å². The molecule has 0 aromatic heterocycles. The molecule has 3 nitrogen and oxygen atoms in total. The summed E-state index contributed by atoms with van der Waals surface area (Å²) in [5, 5.41) is 8.79. The third-order valence-corrected chi connectivity index (χ3v) is 2.27. The molecule has 0 bridgehead atoms. The molecule has 1 rings (SSSR count). The van der Waals surface area contributed by atoms with Gasteiger partial charge in [0.15, 0.2) is 0 Å². The van der Waals surface area contributed by atoms with Crippen LogP contribution in [0.15, 0.2) is 11.3 Å². The molecular formula is C9H15NO2. The molecule has 68 valence electrons. The van der Waals surface area contributed by atoms with E-state index in [4.69, 9.17) is 10.8 Å². The molecule has 0 aromatic carbocycles. The molecular weight excluding hydrogens is 154 g/mol. The summed E-state index contributed by atoms with van der Waals surface area (Å²) in [5.41, 5.74) is 6.67. The summed E-state index contributed by atoms with van der Waals surface area (Å²) in [7, 11) is 0. The molecule has 0 saturated heterocycles. The van der Waals surface area contributed by atoms with E-state index in [0.29, 0.717) is 17.7 Å². The second kappa shape index (κ2) is 4.14. The Hall–Kier alpha value is -0.990. The molecule has 0 spiro atoms. The van der Waals surface area contributed by atoms with Crippen LogP contribution in [0.2, 0.25) is 0 Å². The lowest BCUT2D eigenvalue weighted by Crippen LogP contribution is -2.12. The van der Waals surface area contributed by atoms with Crippen LogP contribution in [0.1, 0.15) is 38.5 Å². The molecule has 0 atom stereocenters. The summed E-state index contributed by atoms with van der Waals surface area (Å²) in [6, 6.07) is 0. The number of rotatable bonds is 1. The first kappa shape index (κ1) is 9.10. The van der Waals surface area contributed by atoms with Gasteiger partial charge in [-0.1, -0.05) is 12.8 Å². The van der Waals surface area contributed by atoms with E-state index in [1.54, 1.807) is 0 Å². The van der Waals surface area contributed by atoms with Gasteiger partial charge in [-0.15, -0.1) is 0 Å². The van der Waals surface area contributed by atoms with Crippen LogP contribution in [-0.2, 0) is 4.79 Å². The molecule has 1 aliphatic carbocycles. The molecule has 12 heavy (non-hydrogen) atoms. The van der Waals surface area contributed by atoms with Gasteiger partial charge in [0.05, 0.1) is 5.57 Å². The Morgan fingerprint density at radius 2 is 1.75 bits per heavy atom. The summed E-state index contributed by atoms with van der Waals surface area (Å²) < 4.78 is 0. The first-order chi connectivity index (χ1) is 5.72. The van der Waals surface area contributed by atoms with Crippen molar-refractivity contribution < 1.29 is 9.90 Å². The number of carbonyl (C=O) groups is 1. The number of aliphatic carboxylic acids is 1. The van der Waals surface area contributed by atoms with E-state index >= 15 is 0 Å². The maximum atomic E-state index is 10.7. The summed E-state index contributed by atoms with van der Waals surface area (Å²) >= 11 is 0. The third-order valence-electron chi connectivity index (χ3n) is 2.27. The highest BCUT2D eigenvalue weighted by Gasteiger charge is 2.13. The normalized spacial score (nSPS) is 26.0. The van der Waals surface area contributed by atoms with E-state index in [-0.39, 0.29) is 0 Å². The number of hydrogen-bond acceptors (Lipinski definition) is 2. The van der Waals surface area contributed by atoms with Gasteiger partial charge in [0.1, 0.15) is 0 Å². The van der Waals surface area contributed by atoms with Crippen molar-refractivity contribution in [3.63, 3.8) is 0 Å². The zero-order valence-corrected chi connectivity index (χ0v) is 7.18. The van der Waals surface area contributed by atoms with Crippen LogP contribution in [0.25, 0.3) is 0 Å². The van der Waals surface area contributed by atoms with Gasteiger partial charge in [-0.05, 0) is 25.7 Å².